The summed E-state index contributed by atoms with van der Waals surface area (Å²) < 4.78 is 29.0. The Morgan fingerprint density at radius 1 is 1.22 bits per heavy atom. The van der Waals surface area contributed by atoms with Gasteiger partial charge in [-0.3, -0.25) is 4.79 Å². The average Bonchev–Trinajstić information content (AvgIpc) is 2.64. The number of rotatable bonds is 6. The molecular weight excluding hydrogens is 350 g/mol. The van der Waals surface area contributed by atoms with Gasteiger partial charge in [-0.25, -0.2) is 13.8 Å². The number of aromatic amines is 1. The summed E-state index contributed by atoms with van der Waals surface area (Å²) in [6, 6.07) is 7.90. The number of hydrogen-bond donors (Lipinski definition) is 2. The molecule has 0 fully saturated rings. The van der Waals surface area contributed by atoms with E-state index in [0.717, 1.165) is 12.6 Å². The molecule has 2 N–H and O–H groups in total. The number of allylic oxidation sites excluding steroid dienone is 1. The number of aromatic nitrogens is 2. The number of aliphatic hydroxyl groups is 1. The zero-order chi connectivity index (χ0) is 19.4. The first kappa shape index (κ1) is 18.9. The number of fused-ring (bicyclic) bond motifs is 1. The molecule has 0 spiro atoms. The van der Waals surface area contributed by atoms with E-state index < -0.39 is 11.6 Å². The molecule has 0 amide bonds. The molecule has 2 aromatic carbocycles. The molecule has 0 radical (unpaired) electrons. The minimum Gasteiger partial charge on any atom is -0.393 e. The number of nitrogens with zero attached hydrogens (tertiary/aromatic N) is 1. The van der Waals surface area contributed by atoms with Crippen LogP contribution in [0.2, 0.25) is 0 Å². The Bertz CT molecular complexity index is 1040. The summed E-state index contributed by atoms with van der Waals surface area (Å²) in [7, 11) is 0. The quantitative estimate of drug-likeness (QED) is 0.631. The third-order valence-electron chi connectivity index (χ3n) is 4.29. The van der Waals surface area contributed by atoms with E-state index in [1.807, 2.05) is 0 Å². The Balaban J connectivity index is 1.85. The molecule has 140 valence electrons. The van der Waals surface area contributed by atoms with Crippen molar-refractivity contribution < 1.29 is 13.9 Å². The van der Waals surface area contributed by atoms with Crippen molar-refractivity contribution in [3.05, 3.63) is 70.2 Å². The van der Waals surface area contributed by atoms with Gasteiger partial charge in [0.15, 0.2) is 11.6 Å². The normalized spacial score (nSPS) is 12.7. The molecule has 4 nitrogen and oxygen atoms in total. The van der Waals surface area contributed by atoms with Crippen molar-refractivity contribution in [1.82, 2.24) is 9.97 Å². The predicted octanol–water partition coefficient (Wildman–Crippen LogP) is 4.43. The first-order chi connectivity index (χ1) is 13.0. The fourth-order valence-corrected chi connectivity index (χ4v) is 2.86. The Morgan fingerprint density at radius 3 is 2.81 bits per heavy atom. The second kappa shape index (κ2) is 8.22. The molecule has 0 aliphatic heterocycles. The lowest BCUT2D eigenvalue weighted by atomic mass is 10.0. The maximum Gasteiger partial charge on any atom is 0.266 e. The molecule has 1 atom stereocenters. The summed E-state index contributed by atoms with van der Waals surface area (Å²) in [6.07, 6.45) is 6.24. The summed E-state index contributed by atoms with van der Waals surface area (Å²) >= 11 is 0. The van der Waals surface area contributed by atoms with E-state index in [2.05, 4.69) is 9.97 Å². The van der Waals surface area contributed by atoms with Crippen molar-refractivity contribution in [2.75, 3.05) is 0 Å². The molecule has 0 aliphatic carbocycles. The summed E-state index contributed by atoms with van der Waals surface area (Å²) in [5, 5.41) is 9.21. The highest BCUT2D eigenvalue weighted by molar-refractivity contribution is 5.81. The monoisotopic (exact) mass is 370 g/mol. The Hall–Kier alpha value is -2.86. The number of unbranched alkanes of at least 4 members (excludes halogenated alkanes) is 1. The minimum absolute atomic E-state index is 0.133. The molecule has 0 bridgehead atoms. The number of hydrogen-bond acceptors (Lipinski definition) is 3. The molecule has 0 aliphatic rings. The van der Waals surface area contributed by atoms with Crippen molar-refractivity contribution in [2.45, 2.75) is 32.3 Å². The van der Waals surface area contributed by atoms with Crippen molar-refractivity contribution in [1.29, 1.82) is 0 Å². The van der Waals surface area contributed by atoms with E-state index in [1.54, 1.807) is 37.3 Å². The standard InChI is InChI=1S/C21H20F2N2O2/c1-13(26)5-3-2-4-6-14-7-9-16(21(23)20(14)22)15-8-10-17-18(11-15)24-12-19(27)25-17/h4,6-13,26H,2-3,5H2,1H3,(H,25,27). The maximum atomic E-state index is 14.6. The van der Waals surface area contributed by atoms with Gasteiger partial charge in [-0.05, 0) is 43.9 Å². The van der Waals surface area contributed by atoms with E-state index in [9.17, 15) is 18.7 Å². The van der Waals surface area contributed by atoms with Crippen molar-refractivity contribution in [3.63, 3.8) is 0 Å². The van der Waals surface area contributed by atoms with Gasteiger partial charge in [0.05, 0.1) is 23.3 Å². The van der Waals surface area contributed by atoms with Gasteiger partial charge in [0, 0.05) is 11.1 Å². The van der Waals surface area contributed by atoms with Crippen LogP contribution in [0.3, 0.4) is 0 Å². The summed E-state index contributed by atoms with van der Waals surface area (Å²) in [5.74, 6) is -1.83. The molecule has 3 rings (SSSR count). The summed E-state index contributed by atoms with van der Waals surface area (Å²) in [5.41, 5.74) is 1.49. The largest absolute Gasteiger partial charge is 0.393 e. The molecule has 27 heavy (non-hydrogen) atoms. The third-order valence-corrected chi connectivity index (χ3v) is 4.29. The van der Waals surface area contributed by atoms with Crippen LogP contribution in [0.5, 0.6) is 0 Å². The molecule has 1 unspecified atom stereocenters. The van der Waals surface area contributed by atoms with Crippen LogP contribution in [0.4, 0.5) is 8.78 Å². The molecule has 1 aromatic heterocycles. The van der Waals surface area contributed by atoms with E-state index in [0.29, 0.717) is 29.4 Å². The van der Waals surface area contributed by atoms with Crippen LogP contribution in [-0.4, -0.2) is 21.2 Å². The highest BCUT2D eigenvalue weighted by atomic mass is 19.2. The Kier molecular flexibility index (Phi) is 5.76. The fraction of sp³-hybridized carbons (Fsp3) is 0.238. The molecule has 1 heterocycles. The highest BCUT2D eigenvalue weighted by Crippen LogP contribution is 2.28. The molecular formula is C21H20F2N2O2. The topological polar surface area (TPSA) is 66.0 Å². The van der Waals surface area contributed by atoms with E-state index >= 15 is 0 Å². The lowest BCUT2D eigenvalue weighted by molar-refractivity contribution is 0.182. The first-order valence-corrected chi connectivity index (χ1v) is 8.78. The van der Waals surface area contributed by atoms with Crippen LogP contribution in [0.25, 0.3) is 28.2 Å². The highest BCUT2D eigenvalue weighted by Gasteiger charge is 2.14. The number of benzene rings is 2. The van der Waals surface area contributed by atoms with Gasteiger partial charge in [0.25, 0.3) is 5.56 Å². The summed E-state index contributed by atoms with van der Waals surface area (Å²) in [6.45, 7) is 1.72. The molecule has 6 heteroatoms. The Morgan fingerprint density at radius 2 is 2.04 bits per heavy atom. The lowest BCUT2D eigenvalue weighted by Gasteiger charge is -2.08. The van der Waals surface area contributed by atoms with Crippen LogP contribution < -0.4 is 5.56 Å². The second-order valence-corrected chi connectivity index (χ2v) is 6.49. The van der Waals surface area contributed by atoms with Crippen LogP contribution >= 0.6 is 0 Å². The number of aliphatic hydroxyl groups excluding tert-OH is 1. The SMILES string of the molecule is CC(O)CCCC=Cc1ccc(-c2ccc3[nH]c(=O)cnc3c2)c(F)c1F. The van der Waals surface area contributed by atoms with Crippen LogP contribution in [0, 0.1) is 11.6 Å². The zero-order valence-corrected chi connectivity index (χ0v) is 14.9. The number of nitrogens with one attached hydrogen (secondary N) is 1. The van der Waals surface area contributed by atoms with E-state index in [-0.39, 0.29) is 22.8 Å². The molecule has 0 saturated carbocycles. The molecule has 0 saturated heterocycles. The Labute approximate surface area is 155 Å². The third kappa shape index (κ3) is 4.46. The van der Waals surface area contributed by atoms with Crippen molar-refractivity contribution in [2.24, 2.45) is 0 Å². The van der Waals surface area contributed by atoms with Crippen LogP contribution in [-0.2, 0) is 0 Å². The first-order valence-electron chi connectivity index (χ1n) is 8.78. The average molecular weight is 370 g/mol. The van der Waals surface area contributed by atoms with Crippen molar-refractivity contribution in [3.8, 4) is 11.1 Å². The zero-order valence-electron chi connectivity index (χ0n) is 14.9. The van der Waals surface area contributed by atoms with Crippen molar-refractivity contribution >= 4 is 17.1 Å². The van der Waals surface area contributed by atoms with Crippen LogP contribution in [0.15, 0.2) is 47.4 Å². The van der Waals surface area contributed by atoms with E-state index in [4.69, 9.17) is 0 Å². The van der Waals surface area contributed by atoms with E-state index in [1.165, 1.54) is 12.1 Å². The van der Waals surface area contributed by atoms with Gasteiger partial charge in [-0.1, -0.05) is 30.4 Å². The second-order valence-electron chi connectivity index (χ2n) is 6.49. The predicted molar refractivity (Wildman–Crippen MR) is 102 cm³/mol. The number of H-pyrrole nitrogens is 1. The van der Waals surface area contributed by atoms with Gasteiger partial charge in [0.1, 0.15) is 0 Å². The fourth-order valence-electron chi connectivity index (χ4n) is 2.86. The lowest BCUT2D eigenvalue weighted by Crippen LogP contribution is -2.04. The summed E-state index contributed by atoms with van der Waals surface area (Å²) in [4.78, 5) is 17.9. The minimum atomic E-state index is -0.926. The number of halogens is 2. The van der Waals surface area contributed by atoms with Gasteiger partial charge < -0.3 is 10.1 Å². The smallest absolute Gasteiger partial charge is 0.266 e. The molecule has 3 aromatic rings. The van der Waals surface area contributed by atoms with Gasteiger partial charge in [-0.15, -0.1) is 0 Å². The van der Waals surface area contributed by atoms with Crippen LogP contribution in [0.1, 0.15) is 31.7 Å². The van der Waals surface area contributed by atoms with Gasteiger partial charge in [-0.2, -0.15) is 0 Å². The van der Waals surface area contributed by atoms with Gasteiger partial charge >= 0.3 is 0 Å². The maximum absolute atomic E-state index is 14.6. The van der Waals surface area contributed by atoms with Gasteiger partial charge in [0.2, 0.25) is 0 Å².